The van der Waals surface area contributed by atoms with Crippen molar-refractivity contribution in [3.8, 4) is 5.97 Å². The van der Waals surface area contributed by atoms with E-state index in [4.69, 9.17) is 5.26 Å². The minimum atomic E-state index is -4.58. The van der Waals surface area contributed by atoms with Crippen LogP contribution in [0.2, 0.25) is 12.6 Å². The van der Waals surface area contributed by atoms with E-state index in [1.807, 2.05) is 4.31 Å². The third-order valence-corrected chi connectivity index (χ3v) is 6.73. The average Bonchev–Trinajstić information content (AvgIpc) is 3.31. The number of nitrogens with zero attached hydrogens (tertiary/aromatic N) is 5. The van der Waals surface area contributed by atoms with Gasteiger partial charge in [-0.15, -0.1) is 5.10 Å². The van der Waals surface area contributed by atoms with E-state index >= 15 is 0 Å². The predicted octanol–water partition coefficient (Wildman–Crippen LogP) is 5.52. The van der Waals surface area contributed by atoms with Crippen molar-refractivity contribution >= 4 is 36.0 Å². The van der Waals surface area contributed by atoms with Gasteiger partial charge < -0.3 is 0 Å². The summed E-state index contributed by atoms with van der Waals surface area (Å²) in [7, 11) is 0. The second-order valence-corrected chi connectivity index (χ2v) is 9.13. The van der Waals surface area contributed by atoms with Crippen molar-refractivity contribution in [2.75, 3.05) is 17.4 Å². The summed E-state index contributed by atoms with van der Waals surface area (Å²) in [6, 6.07) is 10.1. The molecule has 0 N–H and O–H groups in total. The molecule has 0 spiro atoms. The highest BCUT2D eigenvalue weighted by Gasteiger charge is 2.39. The lowest BCUT2D eigenvalue weighted by atomic mass is 9.45. The molecule has 176 valence electrons. The van der Waals surface area contributed by atoms with Gasteiger partial charge >= 0.3 is 6.18 Å². The molecule has 0 aromatic heterocycles. The van der Waals surface area contributed by atoms with Gasteiger partial charge in [-0.2, -0.15) is 18.3 Å². The van der Waals surface area contributed by atoms with E-state index in [1.165, 1.54) is 36.4 Å². The number of benzene rings is 2. The number of hydrogen-bond donors (Lipinski definition) is 0. The molecule has 2 heterocycles. The van der Waals surface area contributed by atoms with Crippen LogP contribution in [0.1, 0.15) is 17.5 Å². The maximum absolute atomic E-state index is 15.0. The van der Waals surface area contributed by atoms with E-state index in [-0.39, 0.29) is 24.5 Å². The molecule has 0 amide bonds. The Hall–Kier alpha value is -2.91. The molecule has 1 fully saturated rings. The normalized spacial score (nSPS) is 16.8. The van der Waals surface area contributed by atoms with Gasteiger partial charge in [0.05, 0.1) is 17.9 Å². The molecule has 1 saturated heterocycles. The first-order valence-electron chi connectivity index (χ1n) is 10.6. The highest BCUT2D eigenvalue weighted by atomic mass is 32.2. The molecule has 0 bridgehead atoms. The lowest BCUT2D eigenvalue weighted by Crippen LogP contribution is -2.35. The Bertz CT molecular complexity index is 1160. The van der Waals surface area contributed by atoms with Gasteiger partial charge in [0.2, 0.25) is 0 Å². The highest BCUT2D eigenvalue weighted by molar-refractivity contribution is 7.98. The zero-order chi connectivity index (χ0) is 24.3. The van der Waals surface area contributed by atoms with Gasteiger partial charge in [-0.1, -0.05) is 18.2 Å². The Labute approximate surface area is 198 Å². The van der Waals surface area contributed by atoms with Gasteiger partial charge in [0.25, 0.3) is 6.71 Å². The lowest BCUT2D eigenvalue weighted by Gasteiger charge is -2.33. The monoisotopic (exact) mass is 491 g/mol. The Morgan fingerprint density at radius 2 is 1.85 bits per heavy atom. The van der Waals surface area contributed by atoms with Gasteiger partial charge in [-0.25, -0.2) is 18.3 Å². The molecule has 4 rings (SSSR count). The van der Waals surface area contributed by atoms with Crippen molar-refractivity contribution in [2.24, 2.45) is 10.2 Å². The summed E-state index contributed by atoms with van der Waals surface area (Å²) in [4.78, 5) is 0. The molecule has 2 aliphatic heterocycles. The predicted molar refractivity (Wildman–Crippen MR) is 124 cm³/mol. The fourth-order valence-electron chi connectivity index (χ4n) is 3.68. The highest BCUT2D eigenvalue weighted by Crippen LogP contribution is 2.31. The standard InChI is InChI=1S/C22H19BF5N5S/c24-17-2-1-3-18(11-17)33(34-32-8-6-23(14-29)7-9-32)13-16-5-4-15(10-19(16)25)20-12-21(31-30-20)22(26,27)28/h1-5,10-11H,6-9,12-13H2. The average molecular weight is 491 g/mol. The second-order valence-electron chi connectivity index (χ2n) is 8.00. The molecule has 0 atom stereocenters. The maximum Gasteiger partial charge on any atom is 0.431 e. The van der Waals surface area contributed by atoms with Gasteiger partial charge in [0.15, 0.2) is 0 Å². The lowest BCUT2D eigenvalue weighted by molar-refractivity contribution is -0.0596. The van der Waals surface area contributed by atoms with E-state index in [0.717, 1.165) is 6.07 Å². The molecule has 0 aliphatic carbocycles. The van der Waals surface area contributed by atoms with Crippen molar-refractivity contribution in [1.29, 1.82) is 5.26 Å². The second kappa shape index (κ2) is 10.2. The van der Waals surface area contributed by atoms with Gasteiger partial charge in [-0.3, -0.25) is 4.31 Å². The Kier molecular flexibility index (Phi) is 7.23. The Balaban J connectivity index is 1.50. The summed E-state index contributed by atoms with van der Waals surface area (Å²) >= 11 is 1.33. The first kappa shape index (κ1) is 24.2. The molecule has 12 heteroatoms. The van der Waals surface area contributed by atoms with E-state index in [2.05, 4.69) is 16.2 Å². The zero-order valence-electron chi connectivity index (χ0n) is 17.9. The molecule has 0 saturated carbocycles. The summed E-state index contributed by atoms with van der Waals surface area (Å²) in [6.45, 7) is 1.43. The Morgan fingerprint density at radius 1 is 1.09 bits per heavy atom. The van der Waals surface area contributed by atoms with Crippen LogP contribution in [0.3, 0.4) is 0 Å². The summed E-state index contributed by atoms with van der Waals surface area (Å²) in [6.07, 6.45) is -3.65. The third-order valence-electron chi connectivity index (χ3n) is 5.60. The van der Waals surface area contributed by atoms with Crippen LogP contribution >= 0.6 is 12.1 Å². The van der Waals surface area contributed by atoms with Crippen LogP contribution in [0, 0.1) is 22.9 Å². The fourth-order valence-corrected chi connectivity index (χ4v) is 4.74. The van der Waals surface area contributed by atoms with Crippen LogP contribution in [0.15, 0.2) is 52.7 Å². The smallest absolute Gasteiger partial charge is 0.299 e. The zero-order valence-corrected chi connectivity index (χ0v) is 18.7. The van der Waals surface area contributed by atoms with E-state index < -0.39 is 29.9 Å². The quantitative estimate of drug-likeness (QED) is 0.304. The SMILES string of the molecule is N#CB1CCN(SN(Cc2ccc(C3=NN=C(C(F)(F)F)C3)cc2F)c2cccc(F)c2)CC1. The number of alkyl halides is 3. The first-order valence-corrected chi connectivity index (χ1v) is 11.3. The van der Waals surface area contributed by atoms with Crippen LogP contribution < -0.4 is 4.31 Å². The maximum atomic E-state index is 15.0. The summed E-state index contributed by atoms with van der Waals surface area (Å²) < 4.78 is 71.2. The molecular weight excluding hydrogens is 472 g/mol. The van der Waals surface area contributed by atoms with Crippen LogP contribution in [0.5, 0.6) is 0 Å². The topological polar surface area (TPSA) is 55.0 Å². The van der Waals surface area contributed by atoms with E-state index in [1.54, 1.807) is 16.4 Å². The minimum absolute atomic E-state index is 0.00445. The van der Waals surface area contributed by atoms with E-state index in [0.29, 0.717) is 37.0 Å². The molecule has 5 nitrogen and oxygen atoms in total. The molecule has 2 aromatic carbocycles. The molecule has 34 heavy (non-hydrogen) atoms. The van der Waals surface area contributed by atoms with Crippen LogP contribution in [0.4, 0.5) is 27.6 Å². The van der Waals surface area contributed by atoms with Crippen molar-refractivity contribution in [3.63, 3.8) is 0 Å². The fraction of sp³-hybridized carbons (Fsp3) is 0.318. The number of halogens is 5. The molecule has 0 unspecified atom stereocenters. The van der Waals surface area contributed by atoms with Gasteiger partial charge in [0, 0.05) is 48.7 Å². The van der Waals surface area contributed by atoms with E-state index in [9.17, 15) is 22.0 Å². The van der Waals surface area contributed by atoms with Crippen LogP contribution in [-0.2, 0) is 6.54 Å². The van der Waals surface area contributed by atoms with Crippen molar-refractivity contribution in [2.45, 2.75) is 31.8 Å². The number of anilines is 1. The summed E-state index contributed by atoms with van der Waals surface area (Å²) in [5, 5.41) is 15.8. The van der Waals surface area contributed by atoms with Crippen LogP contribution in [-0.4, -0.2) is 41.7 Å². The van der Waals surface area contributed by atoms with Crippen LogP contribution in [0.25, 0.3) is 0 Å². The largest absolute Gasteiger partial charge is 0.431 e. The molecular formula is C22H19BF5N5S. The summed E-state index contributed by atoms with van der Waals surface area (Å²) in [5.74, 6) is 1.24. The van der Waals surface area contributed by atoms with Gasteiger partial charge in [-0.05, 0) is 36.9 Å². The molecule has 0 radical (unpaired) electrons. The molecule has 2 aliphatic rings. The first-order chi connectivity index (χ1) is 16.2. The third kappa shape index (κ3) is 5.77. The van der Waals surface area contributed by atoms with Crippen molar-refractivity contribution in [3.05, 3.63) is 65.2 Å². The Morgan fingerprint density at radius 3 is 2.47 bits per heavy atom. The van der Waals surface area contributed by atoms with Gasteiger partial charge in [0.1, 0.15) is 17.3 Å². The van der Waals surface area contributed by atoms with Crippen molar-refractivity contribution in [1.82, 2.24) is 4.31 Å². The summed E-state index contributed by atoms with van der Waals surface area (Å²) in [5.41, 5.74) is 0.102. The number of rotatable bonds is 6. The molecule has 2 aromatic rings. The number of hydrogen-bond acceptors (Lipinski definition) is 6. The van der Waals surface area contributed by atoms with Crippen molar-refractivity contribution < 1.29 is 22.0 Å². The number of nitriles is 1. The minimum Gasteiger partial charge on any atom is -0.299 e.